The van der Waals surface area contributed by atoms with E-state index in [-0.39, 0.29) is 105 Å². The summed E-state index contributed by atoms with van der Waals surface area (Å²) in [5.41, 5.74) is 6.04. The van der Waals surface area contributed by atoms with Crippen LogP contribution >= 0.6 is 23.2 Å². The summed E-state index contributed by atoms with van der Waals surface area (Å²) in [4.78, 5) is 109. The van der Waals surface area contributed by atoms with E-state index in [0.29, 0.717) is 44.8 Å². The van der Waals surface area contributed by atoms with Crippen LogP contribution in [0, 0.1) is 0 Å². The highest BCUT2D eigenvalue weighted by molar-refractivity contribution is 6.32. The minimum Gasteiger partial charge on any atom is -0.508 e. The molecule has 6 heterocycles. The number of amides is 7. The molecule has 1 saturated heterocycles. The lowest BCUT2D eigenvalue weighted by molar-refractivity contribution is -0.139. The second-order valence-electron chi connectivity index (χ2n) is 24.5. The number of halogens is 2. The topological polar surface area (TPSA) is 450 Å². The van der Waals surface area contributed by atoms with Crippen LogP contribution in [0.15, 0.2) is 127 Å². The number of aliphatic hydroxyl groups is 1. The number of aromatic hydroxyl groups is 6. The summed E-state index contributed by atoms with van der Waals surface area (Å²) in [5, 5.41) is 112. The maximum Gasteiger partial charge on any atom is 0.249 e. The maximum absolute atomic E-state index is 15.9. The number of nitrogens with one attached hydrogen (secondary N) is 11. The Kier molecular flexibility index (Phi) is 23.3. The fraction of sp³-hybridized carbons (Fsp3) is 0.300. The van der Waals surface area contributed by atoms with Crippen LogP contribution in [0.1, 0.15) is 75.3 Å². The van der Waals surface area contributed by atoms with Gasteiger partial charge in [-0.25, -0.2) is 0 Å². The van der Waals surface area contributed by atoms with Gasteiger partial charge in [0.2, 0.25) is 47.1 Å². The second-order valence-corrected chi connectivity index (χ2v) is 25.3. The van der Waals surface area contributed by atoms with Crippen molar-refractivity contribution < 1.29 is 83.5 Å². The van der Waals surface area contributed by atoms with Gasteiger partial charge in [-0.1, -0.05) is 53.5 Å². The average Bonchev–Trinajstić information content (AvgIpc) is 0.788. The number of phenolic OH excluding ortho intramolecular Hbond substituents is 6. The Morgan fingerprint density at radius 1 is 0.471 bits per heavy atom. The number of carbonyl (C=O) groups is 7. The van der Waals surface area contributed by atoms with Gasteiger partial charge in [-0.2, -0.15) is 0 Å². The molecule has 7 amide bonds. The molecule has 32 heteroatoms. The minimum absolute atomic E-state index is 0.0821. The number of carbonyl (C=O) groups excluding carboxylic acids is 7. The zero-order valence-electron chi connectivity index (χ0n) is 54.4. The molecule has 0 aliphatic carbocycles. The predicted octanol–water partition coefficient (Wildman–Crippen LogP) is 2.71. The summed E-state index contributed by atoms with van der Waals surface area (Å²) in [5.74, 6) is -12.5. The third kappa shape index (κ3) is 17.7. The third-order valence-corrected chi connectivity index (χ3v) is 17.8. The quantitative estimate of drug-likeness (QED) is 0.118. The van der Waals surface area contributed by atoms with Gasteiger partial charge < -0.3 is 119 Å². The number of nitrogens with two attached hydrogens (primary N) is 1. The number of ether oxygens (including phenoxy) is 3. The lowest BCUT2D eigenvalue weighted by Gasteiger charge is -2.32. The van der Waals surface area contributed by atoms with Gasteiger partial charge in [0.1, 0.15) is 88.6 Å². The van der Waals surface area contributed by atoms with Crippen LogP contribution < -0.4 is 78.4 Å². The van der Waals surface area contributed by atoms with Crippen molar-refractivity contribution in [2.75, 3.05) is 78.5 Å². The molecule has 0 radical (unpaired) electrons. The molecule has 1 fully saturated rings. The first-order chi connectivity index (χ1) is 49.0. The normalized spacial score (nSPS) is 21.7. The van der Waals surface area contributed by atoms with Crippen LogP contribution in [-0.2, 0) is 40.0 Å². The van der Waals surface area contributed by atoms with Crippen molar-refractivity contribution in [2.24, 2.45) is 5.73 Å². The van der Waals surface area contributed by atoms with Crippen LogP contribution in [0.4, 0.5) is 0 Å². The summed E-state index contributed by atoms with van der Waals surface area (Å²) in [6, 6.07) is 12.4. The molecule has 0 spiro atoms. The highest BCUT2D eigenvalue weighted by atomic mass is 35.5. The number of rotatable bonds is 5. The molecular weight excluding hydrogens is 1370 g/mol. The van der Waals surface area contributed by atoms with Crippen molar-refractivity contribution in [2.45, 2.75) is 54.8 Å². The predicted molar refractivity (Wildman–Crippen MR) is 369 cm³/mol. The van der Waals surface area contributed by atoms with E-state index in [4.69, 9.17) is 43.1 Å². The van der Waals surface area contributed by atoms with E-state index in [1.165, 1.54) is 89.8 Å². The highest BCUT2D eigenvalue weighted by Gasteiger charge is 2.41. The minimum atomic E-state index is -2.17. The molecule has 8 atom stereocenters. The fourth-order valence-electron chi connectivity index (χ4n) is 11.9. The summed E-state index contributed by atoms with van der Waals surface area (Å²) in [6.07, 6.45) is -2.45. The number of phenols is 6. The van der Waals surface area contributed by atoms with Gasteiger partial charge in [0.25, 0.3) is 0 Å². The average molecular weight is 1440 g/mol. The first kappa shape index (κ1) is 72.6. The lowest BCUT2D eigenvalue weighted by Crippen LogP contribution is -2.56. The summed E-state index contributed by atoms with van der Waals surface area (Å²) < 4.78 is 18.6. The van der Waals surface area contributed by atoms with Gasteiger partial charge in [0.15, 0.2) is 23.0 Å². The lowest BCUT2D eigenvalue weighted by atomic mass is 9.97. The number of benzene rings is 7. The molecule has 20 N–H and O–H groups in total. The van der Waals surface area contributed by atoms with Crippen molar-refractivity contribution in [3.63, 3.8) is 0 Å². The Hall–Kier alpha value is -10.7. The first-order valence-electron chi connectivity index (χ1n) is 32.6. The second kappa shape index (κ2) is 32.8. The SMILES string of the molecule is N[C@H]1C(=O)N[C@@H]2Cc3ccc(c(Cl)c3)Oc3cc4cc(c3O)Oc3ccc(cc3Cl)[C@@H](O)[C@@H](C(=O)N[C@H](C(=O)N3CCNCCNCCNCCNCCNCC3)c3cc(O)cc(O)c3)NC(=O)[C@@H](c3ccc(O)cc3)NC(=O)[C@@H]4NC(=O)[C@@H](NC2=O)c2cc(O)cc(c2)Oc2cc1ccc2O. The Labute approximate surface area is 593 Å². The summed E-state index contributed by atoms with van der Waals surface area (Å²) in [6.45, 7) is 5.90. The fourth-order valence-corrected chi connectivity index (χ4v) is 12.3. The molecule has 7 aromatic carbocycles. The van der Waals surface area contributed by atoms with Crippen molar-refractivity contribution in [3.05, 3.63) is 176 Å². The van der Waals surface area contributed by atoms with Gasteiger partial charge in [-0.3, -0.25) is 33.6 Å². The van der Waals surface area contributed by atoms with Crippen molar-refractivity contribution in [1.29, 1.82) is 0 Å². The number of fused-ring (bicyclic) bond motifs is 15. The van der Waals surface area contributed by atoms with E-state index < -0.39 is 130 Å². The molecular formula is C70H75Cl2N13O17. The number of aliphatic hydroxyl groups excluding tert-OH is 1. The summed E-state index contributed by atoms with van der Waals surface area (Å²) >= 11 is 13.9. The van der Waals surface area contributed by atoms with Gasteiger partial charge in [0.05, 0.1) is 10.0 Å². The van der Waals surface area contributed by atoms with E-state index in [2.05, 4.69) is 58.5 Å². The zero-order chi connectivity index (χ0) is 72.3. The number of hydrogen-bond donors (Lipinski definition) is 19. The molecule has 7 aromatic rings. The zero-order valence-corrected chi connectivity index (χ0v) is 55.9. The molecule has 30 nitrogen and oxygen atoms in total. The van der Waals surface area contributed by atoms with Crippen LogP contribution in [0.25, 0.3) is 0 Å². The van der Waals surface area contributed by atoms with Crippen molar-refractivity contribution in [1.82, 2.24) is 63.4 Å². The molecule has 102 heavy (non-hydrogen) atoms. The smallest absolute Gasteiger partial charge is 0.249 e. The summed E-state index contributed by atoms with van der Waals surface area (Å²) in [7, 11) is 0. The molecule has 6 aliphatic rings. The van der Waals surface area contributed by atoms with E-state index in [1.54, 1.807) is 0 Å². The molecule has 13 rings (SSSR count). The van der Waals surface area contributed by atoms with Gasteiger partial charge in [0, 0.05) is 97.1 Å². The molecule has 0 unspecified atom stereocenters. The van der Waals surface area contributed by atoms with Crippen molar-refractivity contribution in [3.8, 4) is 69.0 Å². The van der Waals surface area contributed by atoms with Gasteiger partial charge in [-0.15, -0.1) is 0 Å². The first-order valence-corrected chi connectivity index (χ1v) is 33.3. The van der Waals surface area contributed by atoms with Crippen LogP contribution in [0.5, 0.6) is 69.0 Å². The van der Waals surface area contributed by atoms with Gasteiger partial charge >= 0.3 is 0 Å². The van der Waals surface area contributed by atoms with Crippen LogP contribution in [0.3, 0.4) is 0 Å². The Morgan fingerprint density at radius 3 is 1.56 bits per heavy atom. The molecule has 13 bridgehead atoms. The molecule has 0 aromatic heterocycles. The van der Waals surface area contributed by atoms with E-state index in [0.717, 1.165) is 55.6 Å². The molecule has 6 aliphatic heterocycles. The standard InChI is InChI=1S/C70H75Cl2N13O17/c71-47-23-35-1-9-51(47)101-54-31-41-32-55(63(54)92)102-52-10-5-38(29-48(52)72)62(91)61(69(98)83-60(39-25-43(87)33-44(88)26-39)70(99)85-21-19-77-17-15-75-13-11-74-12-14-76-16-18-78-20-22-85)84-66(95)57(36-2-6-42(86)7-3-36)81-68(97)59(41)82-67(96)58-40-27-45(89)34-46(28-40)100-53-30-37(4-8-50(53)90)56(73)65(94)79-49(24-35)64(93)80-58/h1-10,23,25-34,49,56-62,74-78,86-92H,11-22,24,73H2,(H,79,94)(H,80,93)(H,81,97)(H,82,96)(H,83,98)(H,84,95)/t49-,56-,57-,58+,59-,60+,61+,62-/m1/s1. The van der Waals surface area contributed by atoms with Crippen LogP contribution in [-0.4, -0.2) is 173 Å². The Bertz CT molecular complexity index is 4270. The van der Waals surface area contributed by atoms with E-state index >= 15 is 28.8 Å². The molecule has 536 valence electrons. The monoisotopic (exact) mass is 1440 g/mol. The van der Waals surface area contributed by atoms with Gasteiger partial charge in [-0.05, 0) is 124 Å². The van der Waals surface area contributed by atoms with Crippen molar-refractivity contribution >= 4 is 64.6 Å². The number of hydrogen-bond acceptors (Lipinski definition) is 23. The highest BCUT2D eigenvalue weighted by Crippen LogP contribution is 2.47. The number of nitrogens with zero attached hydrogens (tertiary/aromatic N) is 1. The van der Waals surface area contributed by atoms with E-state index in [9.17, 15) is 40.5 Å². The van der Waals surface area contributed by atoms with Crippen LogP contribution in [0.2, 0.25) is 10.0 Å². The Balaban J connectivity index is 1.02. The third-order valence-electron chi connectivity index (χ3n) is 17.2. The molecule has 0 saturated carbocycles. The maximum atomic E-state index is 15.9. The largest absolute Gasteiger partial charge is 0.508 e. The van der Waals surface area contributed by atoms with E-state index in [1.807, 2.05) is 0 Å². The Morgan fingerprint density at radius 2 is 0.971 bits per heavy atom.